The molecule has 0 saturated carbocycles. The normalized spacial score (nSPS) is 19.2. The van der Waals surface area contributed by atoms with Crippen LogP contribution < -0.4 is 5.32 Å². The highest BCUT2D eigenvalue weighted by molar-refractivity contribution is 8.00. The van der Waals surface area contributed by atoms with E-state index >= 15 is 0 Å². The standard InChI is InChI=1S/C13H15ClN2O2S/c1-9-13(18)15-6-7-16(9)12(17)8-19-11-5-3-2-4-10(11)14/h2-5,9H,6-8H2,1H3,(H,15,18). The second-order valence-corrected chi connectivity index (χ2v) is 5.70. The van der Waals surface area contributed by atoms with E-state index in [1.165, 1.54) is 11.8 Å². The molecule has 2 amide bonds. The van der Waals surface area contributed by atoms with Crippen LogP contribution in [0, 0.1) is 0 Å². The molecule has 0 aromatic heterocycles. The highest BCUT2D eigenvalue weighted by Gasteiger charge is 2.28. The molecule has 1 heterocycles. The number of benzene rings is 1. The molecule has 1 aromatic rings. The number of amides is 2. The molecular weight excluding hydrogens is 284 g/mol. The Morgan fingerprint density at radius 2 is 2.26 bits per heavy atom. The number of carbonyl (C=O) groups is 2. The van der Waals surface area contributed by atoms with Crippen LogP contribution in [-0.2, 0) is 9.59 Å². The van der Waals surface area contributed by atoms with E-state index in [0.29, 0.717) is 23.9 Å². The van der Waals surface area contributed by atoms with Gasteiger partial charge in [0.15, 0.2) is 0 Å². The zero-order chi connectivity index (χ0) is 13.8. The van der Waals surface area contributed by atoms with Crippen LogP contribution in [0.4, 0.5) is 0 Å². The molecule has 0 spiro atoms. The Morgan fingerprint density at radius 3 is 3.00 bits per heavy atom. The highest BCUT2D eigenvalue weighted by atomic mass is 35.5. The minimum absolute atomic E-state index is 0.0349. The first-order valence-electron chi connectivity index (χ1n) is 6.04. The van der Waals surface area contributed by atoms with E-state index in [-0.39, 0.29) is 11.8 Å². The van der Waals surface area contributed by atoms with Gasteiger partial charge >= 0.3 is 0 Å². The van der Waals surface area contributed by atoms with Gasteiger partial charge < -0.3 is 10.2 Å². The minimum atomic E-state index is -0.395. The summed E-state index contributed by atoms with van der Waals surface area (Å²) in [4.78, 5) is 26.1. The molecule has 6 heteroatoms. The first kappa shape index (κ1) is 14.2. The number of hydrogen-bond acceptors (Lipinski definition) is 3. The van der Waals surface area contributed by atoms with E-state index in [1.807, 2.05) is 18.2 Å². The third-order valence-electron chi connectivity index (χ3n) is 3.01. The zero-order valence-corrected chi connectivity index (χ0v) is 12.1. The maximum atomic E-state index is 12.1. The molecule has 1 aliphatic rings. The molecule has 1 fully saturated rings. The van der Waals surface area contributed by atoms with Crippen molar-refractivity contribution in [1.82, 2.24) is 10.2 Å². The molecule has 0 radical (unpaired) electrons. The Bertz CT molecular complexity index is 495. The number of thioether (sulfide) groups is 1. The van der Waals surface area contributed by atoms with Gasteiger partial charge in [0.25, 0.3) is 0 Å². The molecule has 4 nitrogen and oxygen atoms in total. The summed E-state index contributed by atoms with van der Waals surface area (Å²) >= 11 is 7.43. The number of rotatable bonds is 3. The first-order chi connectivity index (χ1) is 9.09. The second kappa shape index (κ2) is 6.30. The summed E-state index contributed by atoms with van der Waals surface area (Å²) in [6.45, 7) is 2.83. The summed E-state index contributed by atoms with van der Waals surface area (Å²) in [5.74, 6) is 0.163. The molecule has 1 unspecified atom stereocenters. The predicted molar refractivity (Wildman–Crippen MR) is 76.4 cm³/mol. The van der Waals surface area contributed by atoms with Crippen LogP contribution in [0.1, 0.15) is 6.92 Å². The molecule has 1 aromatic carbocycles. The Hall–Kier alpha value is -1.20. The third kappa shape index (κ3) is 3.42. The fourth-order valence-electron chi connectivity index (χ4n) is 1.91. The molecule has 1 aliphatic heterocycles. The lowest BCUT2D eigenvalue weighted by Gasteiger charge is -2.32. The minimum Gasteiger partial charge on any atom is -0.353 e. The third-order valence-corrected chi connectivity index (χ3v) is 4.51. The number of halogens is 1. The summed E-state index contributed by atoms with van der Waals surface area (Å²) < 4.78 is 0. The van der Waals surface area contributed by atoms with Crippen LogP contribution in [0.2, 0.25) is 5.02 Å². The van der Waals surface area contributed by atoms with Crippen molar-refractivity contribution in [2.75, 3.05) is 18.8 Å². The van der Waals surface area contributed by atoms with Crippen LogP contribution >= 0.6 is 23.4 Å². The average molecular weight is 299 g/mol. The largest absolute Gasteiger partial charge is 0.353 e. The van der Waals surface area contributed by atoms with Crippen molar-refractivity contribution >= 4 is 35.2 Å². The van der Waals surface area contributed by atoms with E-state index in [2.05, 4.69) is 5.32 Å². The van der Waals surface area contributed by atoms with Crippen molar-refractivity contribution in [3.05, 3.63) is 29.3 Å². The summed E-state index contributed by atoms with van der Waals surface area (Å²) in [6, 6.07) is 7.02. The monoisotopic (exact) mass is 298 g/mol. The van der Waals surface area contributed by atoms with Crippen molar-refractivity contribution in [2.45, 2.75) is 17.9 Å². The lowest BCUT2D eigenvalue weighted by molar-refractivity contribution is -0.140. The number of nitrogens with one attached hydrogen (secondary N) is 1. The fourth-order valence-corrected chi connectivity index (χ4v) is 3.03. The van der Waals surface area contributed by atoms with Gasteiger partial charge in [-0.2, -0.15) is 0 Å². The SMILES string of the molecule is CC1C(=O)NCCN1C(=O)CSc1ccccc1Cl. The van der Waals surface area contributed by atoms with Gasteiger partial charge in [-0.1, -0.05) is 23.7 Å². The Balaban J connectivity index is 1.94. The second-order valence-electron chi connectivity index (χ2n) is 4.27. The molecule has 1 atom stereocenters. The molecule has 102 valence electrons. The van der Waals surface area contributed by atoms with Gasteiger partial charge in [-0.3, -0.25) is 9.59 Å². The van der Waals surface area contributed by atoms with Crippen LogP contribution in [-0.4, -0.2) is 41.6 Å². The number of piperazine rings is 1. The molecule has 0 bridgehead atoms. The lowest BCUT2D eigenvalue weighted by Crippen LogP contribution is -2.56. The topological polar surface area (TPSA) is 49.4 Å². The maximum Gasteiger partial charge on any atom is 0.242 e. The van der Waals surface area contributed by atoms with E-state index in [0.717, 1.165) is 4.90 Å². The van der Waals surface area contributed by atoms with Gasteiger partial charge in [-0.25, -0.2) is 0 Å². The fraction of sp³-hybridized carbons (Fsp3) is 0.385. The molecule has 19 heavy (non-hydrogen) atoms. The van der Waals surface area contributed by atoms with E-state index in [4.69, 9.17) is 11.6 Å². The molecular formula is C13H15ClN2O2S. The van der Waals surface area contributed by atoms with Crippen LogP contribution in [0.3, 0.4) is 0 Å². The van der Waals surface area contributed by atoms with Gasteiger partial charge in [0.1, 0.15) is 6.04 Å². The van der Waals surface area contributed by atoms with Crippen molar-refractivity contribution in [1.29, 1.82) is 0 Å². The summed E-state index contributed by atoms with van der Waals surface area (Å²) in [5.41, 5.74) is 0. The van der Waals surface area contributed by atoms with Gasteiger partial charge in [0.05, 0.1) is 10.8 Å². The lowest BCUT2D eigenvalue weighted by atomic mass is 10.2. The molecule has 2 rings (SSSR count). The van der Waals surface area contributed by atoms with Crippen molar-refractivity contribution in [2.24, 2.45) is 0 Å². The van der Waals surface area contributed by atoms with Crippen molar-refractivity contribution < 1.29 is 9.59 Å². The molecule has 1 saturated heterocycles. The highest BCUT2D eigenvalue weighted by Crippen LogP contribution is 2.26. The Kier molecular flexibility index (Phi) is 4.71. The van der Waals surface area contributed by atoms with Gasteiger partial charge in [0.2, 0.25) is 11.8 Å². The maximum absolute atomic E-state index is 12.1. The zero-order valence-electron chi connectivity index (χ0n) is 10.6. The van der Waals surface area contributed by atoms with E-state index in [9.17, 15) is 9.59 Å². The molecule has 1 N–H and O–H groups in total. The average Bonchev–Trinajstić information content (AvgIpc) is 2.40. The van der Waals surface area contributed by atoms with Crippen LogP contribution in [0.25, 0.3) is 0 Å². The van der Waals surface area contributed by atoms with Crippen molar-refractivity contribution in [3.8, 4) is 0 Å². The summed E-state index contributed by atoms with van der Waals surface area (Å²) in [5, 5.41) is 3.38. The van der Waals surface area contributed by atoms with Crippen LogP contribution in [0.15, 0.2) is 29.2 Å². The number of carbonyl (C=O) groups excluding carboxylic acids is 2. The van der Waals surface area contributed by atoms with Gasteiger partial charge in [-0.05, 0) is 19.1 Å². The predicted octanol–water partition coefficient (Wildman–Crippen LogP) is 1.78. The van der Waals surface area contributed by atoms with Crippen molar-refractivity contribution in [3.63, 3.8) is 0 Å². The van der Waals surface area contributed by atoms with Gasteiger partial charge in [-0.15, -0.1) is 11.8 Å². The van der Waals surface area contributed by atoms with E-state index in [1.54, 1.807) is 17.9 Å². The van der Waals surface area contributed by atoms with E-state index < -0.39 is 6.04 Å². The smallest absolute Gasteiger partial charge is 0.242 e. The summed E-state index contributed by atoms with van der Waals surface area (Å²) in [6.07, 6.45) is 0. The Labute approximate surface area is 121 Å². The first-order valence-corrected chi connectivity index (χ1v) is 7.40. The van der Waals surface area contributed by atoms with Gasteiger partial charge in [0, 0.05) is 18.0 Å². The number of nitrogens with zero attached hydrogens (tertiary/aromatic N) is 1. The Morgan fingerprint density at radius 1 is 1.53 bits per heavy atom. The summed E-state index contributed by atoms with van der Waals surface area (Å²) in [7, 11) is 0. The quantitative estimate of drug-likeness (QED) is 0.866. The molecule has 0 aliphatic carbocycles. The number of hydrogen-bond donors (Lipinski definition) is 1. The van der Waals surface area contributed by atoms with Crippen LogP contribution in [0.5, 0.6) is 0 Å².